The zero-order valence-corrected chi connectivity index (χ0v) is 18.9. The molecular formula is C26H27N5O2. The van der Waals surface area contributed by atoms with E-state index in [1.54, 1.807) is 20.4 Å². The Hall–Kier alpha value is -3.87. The summed E-state index contributed by atoms with van der Waals surface area (Å²) in [5.41, 5.74) is 5.54. The van der Waals surface area contributed by atoms with Crippen molar-refractivity contribution in [1.29, 1.82) is 0 Å². The van der Waals surface area contributed by atoms with Crippen LogP contribution in [0.25, 0.3) is 22.3 Å². The molecule has 1 fully saturated rings. The van der Waals surface area contributed by atoms with Gasteiger partial charge in [0.15, 0.2) is 0 Å². The zero-order chi connectivity index (χ0) is 22.8. The summed E-state index contributed by atoms with van der Waals surface area (Å²) >= 11 is 0. The molecule has 0 aliphatic heterocycles. The monoisotopic (exact) mass is 441 g/mol. The number of methoxy groups -OCH3 is 2. The van der Waals surface area contributed by atoms with Gasteiger partial charge in [-0.25, -0.2) is 4.98 Å². The highest BCUT2D eigenvalue weighted by atomic mass is 16.5. The number of anilines is 2. The van der Waals surface area contributed by atoms with E-state index in [0.29, 0.717) is 12.5 Å². The van der Waals surface area contributed by atoms with Crippen molar-refractivity contribution in [2.45, 2.75) is 19.4 Å². The molecule has 2 aromatic heterocycles. The van der Waals surface area contributed by atoms with Crippen LogP contribution in [0.4, 0.5) is 11.4 Å². The smallest absolute Gasteiger partial charge is 0.124 e. The van der Waals surface area contributed by atoms with Crippen molar-refractivity contribution in [1.82, 2.24) is 19.7 Å². The molecule has 1 aliphatic rings. The molecule has 5 rings (SSSR count). The summed E-state index contributed by atoms with van der Waals surface area (Å²) in [6, 6.07) is 12.2. The molecule has 2 heterocycles. The lowest BCUT2D eigenvalue weighted by Crippen LogP contribution is -2.20. The van der Waals surface area contributed by atoms with Crippen LogP contribution in [-0.2, 0) is 6.54 Å². The number of aromatic nitrogens is 4. The third kappa shape index (κ3) is 4.53. The zero-order valence-electron chi connectivity index (χ0n) is 18.9. The van der Waals surface area contributed by atoms with Gasteiger partial charge in [-0.3, -0.25) is 9.67 Å². The van der Waals surface area contributed by atoms with E-state index in [-0.39, 0.29) is 0 Å². The van der Waals surface area contributed by atoms with Crippen LogP contribution < -0.4 is 14.4 Å². The first kappa shape index (κ1) is 21.0. The predicted octanol–water partition coefficient (Wildman–Crippen LogP) is 5.24. The van der Waals surface area contributed by atoms with Gasteiger partial charge in [-0.1, -0.05) is 6.08 Å². The Kier molecular flexibility index (Phi) is 5.69. The SMILES string of the molecule is C=CCn1cc(-c2cnc3ccc(N(CC4CC4)c4cc(OC)cc(OC)c4)cc3n2)cn1. The van der Waals surface area contributed by atoms with E-state index in [0.717, 1.165) is 51.7 Å². The molecule has 1 aliphatic carbocycles. The lowest BCUT2D eigenvalue weighted by Gasteiger charge is -2.26. The fourth-order valence-corrected chi connectivity index (χ4v) is 3.90. The number of rotatable bonds is 9. The second kappa shape index (κ2) is 8.94. The first-order chi connectivity index (χ1) is 16.2. The van der Waals surface area contributed by atoms with Crippen molar-refractivity contribution in [3.63, 3.8) is 0 Å². The number of fused-ring (bicyclic) bond motifs is 1. The summed E-state index contributed by atoms with van der Waals surface area (Å²) in [5.74, 6) is 2.22. The van der Waals surface area contributed by atoms with Gasteiger partial charge < -0.3 is 14.4 Å². The van der Waals surface area contributed by atoms with Crippen LogP contribution in [0.3, 0.4) is 0 Å². The van der Waals surface area contributed by atoms with Crippen LogP contribution >= 0.6 is 0 Å². The molecule has 0 unspecified atom stereocenters. The summed E-state index contributed by atoms with van der Waals surface area (Å²) in [4.78, 5) is 11.9. The van der Waals surface area contributed by atoms with Crippen molar-refractivity contribution >= 4 is 22.4 Å². The van der Waals surface area contributed by atoms with Crippen LogP contribution in [0, 0.1) is 5.92 Å². The number of benzene rings is 2. The average Bonchev–Trinajstić information content (AvgIpc) is 3.56. The summed E-state index contributed by atoms with van der Waals surface area (Å²) in [7, 11) is 3.35. The van der Waals surface area contributed by atoms with E-state index in [1.165, 1.54) is 12.8 Å². The van der Waals surface area contributed by atoms with E-state index >= 15 is 0 Å². The highest BCUT2D eigenvalue weighted by Crippen LogP contribution is 2.38. The fraction of sp³-hybridized carbons (Fsp3) is 0.269. The summed E-state index contributed by atoms with van der Waals surface area (Å²) < 4.78 is 12.9. The molecule has 4 aromatic rings. The topological polar surface area (TPSA) is 65.3 Å². The molecule has 0 spiro atoms. The molecule has 0 atom stereocenters. The van der Waals surface area contributed by atoms with Gasteiger partial charge in [0.1, 0.15) is 11.5 Å². The first-order valence-corrected chi connectivity index (χ1v) is 11.1. The minimum Gasteiger partial charge on any atom is -0.497 e. The third-order valence-corrected chi connectivity index (χ3v) is 5.87. The molecule has 2 aromatic carbocycles. The van der Waals surface area contributed by atoms with Crippen LogP contribution in [-0.4, -0.2) is 40.5 Å². The van der Waals surface area contributed by atoms with Crippen LogP contribution in [0.15, 0.2) is 67.6 Å². The highest BCUT2D eigenvalue weighted by molar-refractivity contribution is 5.82. The van der Waals surface area contributed by atoms with Gasteiger partial charge in [0, 0.05) is 47.9 Å². The number of hydrogen-bond donors (Lipinski definition) is 0. The average molecular weight is 442 g/mol. The minimum absolute atomic E-state index is 0.658. The summed E-state index contributed by atoms with van der Waals surface area (Å²) in [5, 5.41) is 4.37. The van der Waals surface area contributed by atoms with Crippen molar-refractivity contribution in [2.75, 3.05) is 25.7 Å². The summed E-state index contributed by atoms with van der Waals surface area (Å²) in [6.45, 7) is 5.36. The van der Waals surface area contributed by atoms with Gasteiger partial charge in [-0.05, 0) is 37.0 Å². The Morgan fingerprint density at radius 3 is 2.52 bits per heavy atom. The molecule has 7 nitrogen and oxygen atoms in total. The van der Waals surface area contributed by atoms with Gasteiger partial charge in [-0.2, -0.15) is 5.10 Å². The standard InChI is InChI=1S/C26H27N5O2/c1-4-9-30-17-19(14-28-30)26-15-27-24-8-7-20(12-25(24)29-26)31(16-18-5-6-18)21-10-22(32-2)13-23(11-21)33-3/h4,7-8,10-15,17-18H,1,5-6,9,16H2,2-3H3. The first-order valence-electron chi connectivity index (χ1n) is 11.1. The van der Waals surface area contributed by atoms with Crippen molar-refractivity contribution < 1.29 is 9.47 Å². The van der Waals surface area contributed by atoms with Gasteiger partial charge >= 0.3 is 0 Å². The number of allylic oxidation sites excluding steroid dienone is 1. The predicted molar refractivity (Wildman–Crippen MR) is 130 cm³/mol. The third-order valence-electron chi connectivity index (χ3n) is 5.87. The Balaban J connectivity index is 1.55. The molecule has 0 radical (unpaired) electrons. The maximum absolute atomic E-state index is 5.52. The van der Waals surface area contributed by atoms with E-state index in [1.807, 2.05) is 47.4 Å². The van der Waals surface area contributed by atoms with Crippen LogP contribution in [0.2, 0.25) is 0 Å². The number of hydrogen-bond acceptors (Lipinski definition) is 6. The van der Waals surface area contributed by atoms with Crippen molar-refractivity contribution in [2.24, 2.45) is 5.92 Å². The molecular weight excluding hydrogens is 414 g/mol. The maximum atomic E-state index is 5.52. The number of ether oxygens (including phenoxy) is 2. The van der Waals surface area contributed by atoms with Gasteiger partial charge in [0.25, 0.3) is 0 Å². The van der Waals surface area contributed by atoms with E-state index in [4.69, 9.17) is 14.5 Å². The Morgan fingerprint density at radius 2 is 1.82 bits per heavy atom. The molecule has 33 heavy (non-hydrogen) atoms. The second-order valence-corrected chi connectivity index (χ2v) is 8.29. The molecule has 0 bridgehead atoms. The van der Waals surface area contributed by atoms with Crippen molar-refractivity contribution in [3.05, 3.63) is 67.6 Å². The van der Waals surface area contributed by atoms with Crippen LogP contribution in [0.5, 0.6) is 11.5 Å². The minimum atomic E-state index is 0.658. The molecule has 0 N–H and O–H groups in total. The molecule has 7 heteroatoms. The molecule has 0 amide bonds. The Bertz CT molecular complexity index is 1270. The Labute approximate surface area is 193 Å². The summed E-state index contributed by atoms with van der Waals surface area (Å²) in [6.07, 6.45) is 9.89. The van der Waals surface area contributed by atoms with E-state index in [2.05, 4.69) is 33.7 Å². The molecule has 0 saturated heterocycles. The highest BCUT2D eigenvalue weighted by Gasteiger charge is 2.26. The molecule has 168 valence electrons. The van der Waals surface area contributed by atoms with Crippen LogP contribution in [0.1, 0.15) is 12.8 Å². The fourth-order valence-electron chi connectivity index (χ4n) is 3.90. The number of nitrogens with zero attached hydrogens (tertiary/aromatic N) is 5. The van der Waals surface area contributed by atoms with E-state index < -0.39 is 0 Å². The lowest BCUT2D eigenvalue weighted by molar-refractivity contribution is 0.394. The van der Waals surface area contributed by atoms with Gasteiger partial charge in [0.05, 0.1) is 49.9 Å². The second-order valence-electron chi connectivity index (χ2n) is 8.29. The maximum Gasteiger partial charge on any atom is 0.124 e. The molecule has 1 saturated carbocycles. The Morgan fingerprint density at radius 1 is 1.03 bits per heavy atom. The van der Waals surface area contributed by atoms with Gasteiger partial charge in [0.2, 0.25) is 0 Å². The quantitative estimate of drug-likeness (QED) is 0.331. The lowest BCUT2D eigenvalue weighted by atomic mass is 10.1. The van der Waals surface area contributed by atoms with Crippen molar-refractivity contribution in [3.8, 4) is 22.8 Å². The normalized spacial score (nSPS) is 13.2. The largest absolute Gasteiger partial charge is 0.497 e. The van der Waals surface area contributed by atoms with Gasteiger partial charge in [-0.15, -0.1) is 6.58 Å². The van der Waals surface area contributed by atoms with E-state index in [9.17, 15) is 0 Å².